The molecule has 0 unspecified atom stereocenters. The van der Waals surface area contributed by atoms with E-state index in [1.54, 1.807) is 24.5 Å². The van der Waals surface area contributed by atoms with Crippen molar-refractivity contribution in [3.8, 4) is 0 Å². The van der Waals surface area contributed by atoms with E-state index in [-0.39, 0.29) is 11.3 Å². The molecule has 23 heavy (non-hydrogen) atoms. The first-order chi connectivity index (χ1) is 11.1. The minimum Gasteiger partial charge on any atom is -0.351 e. The number of hydrogen-bond acceptors (Lipinski definition) is 2. The monoisotopic (exact) mass is 308 g/mol. The van der Waals surface area contributed by atoms with Crippen molar-refractivity contribution in [2.24, 2.45) is 0 Å². The number of pyridine rings is 1. The zero-order valence-electron chi connectivity index (χ0n) is 13.9. The minimum absolute atomic E-state index is 0.0332. The summed E-state index contributed by atoms with van der Waals surface area (Å²) in [5.74, 6) is -0.0332. The Morgan fingerprint density at radius 3 is 2.65 bits per heavy atom. The van der Waals surface area contributed by atoms with E-state index in [1.165, 1.54) is 29.5 Å². The molecule has 0 radical (unpaired) electrons. The second-order valence-electron chi connectivity index (χ2n) is 6.73. The van der Waals surface area contributed by atoms with Gasteiger partial charge in [0.25, 0.3) is 5.91 Å². The van der Waals surface area contributed by atoms with Gasteiger partial charge in [-0.15, -0.1) is 0 Å². The van der Waals surface area contributed by atoms with Gasteiger partial charge in [0.2, 0.25) is 0 Å². The van der Waals surface area contributed by atoms with Crippen LogP contribution in [0.3, 0.4) is 0 Å². The summed E-state index contributed by atoms with van der Waals surface area (Å²) in [6.45, 7) is 5.01. The SMILES string of the molecule is Cc1ccc(C2(CNC(=O)c3cccnc3)CCCC2)c(C)c1. The van der Waals surface area contributed by atoms with Crippen molar-refractivity contribution in [1.29, 1.82) is 0 Å². The number of aromatic nitrogens is 1. The Hall–Kier alpha value is -2.16. The Morgan fingerprint density at radius 1 is 1.22 bits per heavy atom. The average molecular weight is 308 g/mol. The largest absolute Gasteiger partial charge is 0.351 e. The molecule has 1 heterocycles. The Morgan fingerprint density at radius 2 is 2.00 bits per heavy atom. The van der Waals surface area contributed by atoms with Crippen molar-refractivity contribution >= 4 is 5.91 Å². The fourth-order valence-corrected chi connectivity index (χ4v) is 3.85. The molecule has 0 atom stereocenters. The Labute approximate surface area is 138 Å². The van der Waals surface area contributed by atoms with E-state index in [0.29, 0.717) is 12.1 Å². The second-order valence-corrected chi connectivity index (χ2v) is 6.73. The highest BCUT2D eigenvalue weighted by Crippen LogP contribution is 2.42. The number of carbonyl (C=O) groups is 1. The molecule has 1 fully saturated rings. The van der Waals surface area contributed by atoms with Gasteiger partial charge in [0.05, 0.1) is 5.56 Å². The van der Waals surface area contributed by atoms with E-state index in [2.05, 4.69) is 42.3 Å². The number of nitrogens with zero attached hydrogens (tertiary/aromatic N) is 1. The summed E-state index contributed by atoms with van der Waals surface area (Å²) >= 11 is 0. The quantitative estimate of drug-likeness (QED) is 0.929. The summed E-state index contributed by atoms with van der Waals surface area (Å²) in [6.07, 6.45) is 8.05. The van der Waals surface area contributed by atoms with Crippen molar-refractivity contribution in [3.63, 3.8) is 0 Å². The number of nitrogens with one attached hydrogen (secondary N) is 1. The molecule has 3 rings (SSSR count). The van der Waals surface area contributed by atoms with Gasteiger partial charge in [0.15, 0.2) is 0 Å². The van der Waals surface area contributed by atoms with Crippen molar-refractivity contribution in [1.82, 2.24) is 10.3 Å². The van der Waals surface area contributed by atoms with Crippen LogP contribution in [0.4, 0.5) is 0 Å². The number of aryl methyl sites for hydroxylation is 2. The standard InChI is InChI=1S/C20H24N2O/c1-15-7-8-18(16(2)12-15)20(9-3-4-10-20)14-22-19(23)17-6-5-11-21-13-17/h5-8,11-13H,3-4,9-10,14H2,1-2H3,(H,22,23). The number of rotatable bonds is 4. The highest BCUT2D eigenvalue weighted by atomic mass is 16.1. The molecule has 1 N–H and O–H groups in total. The smallest absolute Gasteiger partial charge is 0.252 e. The Balaban J connectivity index is 1.80. The maximum absolute atomic E-state index is 12.4. The van der Waals surface area contributed by atoms with Crippen molar-refractivity contribution in [3.05, 3.63) is 65.0 Å². The fraction of sp³-hybridized carbons (Fsp3) is 0.400. The van der Waals surface area contributed by atoms with Crippen LogP contribution in [0.15, 0.2) is 42.7 Å². The molecule has 2 aromatic rings. The number of amides is 1. The van der Waals surface area contributed by atoms with E-state index in [4.69, 9.17) is 0 Å². The maximum atomic E-state index is 12.4. The lowest BCUT2D eigenvalue weighted by molar-refractivity contribution is 0.0942. The molecule has 120 valence electrons. The summed E-state index contributed by atoms with van der Waals surface area (Å²) < 4.78 is 0. The maximum Gasteiger partial charge on any atom is 0.252 e. The molecule has 1 amide bonds. The first kappa shape index (κ1) is 15.7. The zero-order valence-corrected chi connectivity index (χ0v) is 13.9. The zero-order chi connectivity index (χ0) is 16.3. The lowest BCUT2D eigenvalue weighted by Crippen LogP contribution is -2.39. The topological polar surface area (TPSA) is 42.0 Å². The fourth-order valence-electron chi connectivity index (χ4n) is 3.85. The molecule has 1 aromatic heterocycles. The van der Waals surface area contributed by atoms with Gasteiger partial charge in [0.1, 0.15) is 0 Å². The average Bonchev–Trinajstić information content (AvgIpc) is 3.03. The van der Waals surface area contributed by atoms with Gasteiger partial charge in [-0.05, 0) is 49.9 Å². The van der Waals surface area contributed by atoms with Crippen LogP contribution in [0, 0.1) is 13.8 Å². The third-order valence-corrected chi connectivity index (χ3v) is 5.02. The van der Waals surface area contributed by atoms with E-state index in [9.17, 15) is 4.79 Å². The second kappa shape index (κ2) is 6.53. The van der Waals surface area contributed by atoms with Crippen LogP contribution in [0.2, 0.25) is 0 Å². The van der Waals surface area contributed by atoms with Crippen molar-refractivity contribution in [2.45, 2.75) is 44.9 Å². The lowest BCUT2D eigenvalue weighted by atomic mass is 9.76. The third kappa shape index (κ3) is 3.29. The highest BCUT2D eigenvalue weighted by molar-refractivity contribution is 5.93. The molecular weight excluding hydrogens is 284 g/mol. The molecule has 0 aliphatic heterocycles. The highest BCUT2D eigenvalue weighted by Gasteiger charge is 2.36. The van der Waals surface area contributed by atoms with Crippen molar-refractivity contribution in [2.75, 3.05) is 6.54 Å². The summed E-state index contributed by atoms with van der Waals surface area (Å²) in [5, 5.41) is 3.14. The van der Waals surface area contributed by atoms with Crippen LogP contribution >= 0.6 is 0 Å². The van der Waals surface area contributed by atoms with Gasteiger partial charge in [-0.25, -0.2) is 0 Å². The van der Waals surface area contributed by atoms with E-state index >= 15 is 0 Å². The van der Waals surface area contributed by atoms with Crippen LogP contribution in [0.25, 0.3) is 0 Å². The lowest BCUT2D eigenvalue weighted by Gasteiger charge is -2.31. The number of benzene rings is 1. The van der Waals surface area contributed by atoms with Gasteiger partial charge in [0, 0.05) is 24.4 Å². The van der Waals surface area contributed by atoms with Gasteiger partial charge in [-0.3, -0.25) is 9.78 Å². The summed E-state index contributed by atoms with van der Waals surface area (Å²) in [7, 11) is 0. The first-order valence-electron chi connectivity index (χ1n) is 8.37. The van der Waals surface area contributed by atoms with Crippen LogP contribution in [0.5, 0.6) is 0 Å². The molecule has 3 nitrogen and oxygen atoms in total. The van der Waals surface area contributed by atoms with Gasteiger partial charge < -0.3 is 5.32 Å². The van der Waals surface area contributed by atoms with Crippen LogP contribution < -0.4 is 5.32 Å². The molecule has 0 bridgehead atoms. The van der Waals surface area contributed by atoms with Gasteiger partial charge in [-0.2, -0.15) is 0 Å². The van der Waals surface area contributed by atoms with E-state index < -0.39 is 0 Å². The number of carbonyl (C=O) groups excluding carboxylic acids is 1. The first-order valence-corrected chi connectivity index (χ1v) is 8.37. The molecule has 1 aliphatic rings. The summed E-state index contributed by atoms with van der Waals surface area (Å²) in [5.41, 5.74) is 4.73. The molecule has 1 aliphatic carbocycles. The van der Waals surface area contributed by atoms with Crippen LogP contribution in [-0.2, 0) is 5.41 Å². The van der Waals surface area contributed by atoms with Gasteiger partial charge >= 0.3 is 0 Å². The normalized spacial score (nSPS) is 16.3. The van der Waals surface area contributed by atoms with Crippen LogP contribution in [-0.4, -0.2) is 17.4 Å². The van der Waals surface area contributed by atoms with Gasteiger partial charge in [-0.1, -0.05) is 36.6 Å². The summed E-state index contributed by atoms with van der Waals surface area (Å²) in [4.78, 5) is 16.4. The van der Waals surface area contributed by atoms with Crippen molar-refractivity contribution < 1.29 is 4.79 Å². The molecule has 1 aromatic carbocycles. The third-order valence-electron chi connectivity index (χ3n) is 5.02. The Bertz CT molecular complexity index is 688. The predicted octanol–water partition coefficient (Wildman–Crippen LogP) is 3.94. The molecule has 0 spiro atoms. The predicted molar refractivity (Wildman–Crippen MR) is 92.6 cm³/mol. The molecule has 0 saturated heterocycles. The molecular formula is C20H24N2O. The van der Waals surface area contributed by atoms with Crippen LogP contribution in [0.1, 0.15) is 52.7 Å². The molecule has 3 heteroatoms. The number of hydrogen-bond donors (Lipinski definition) is 1. The van der Waals surface area contributed by atoms with E-state index in [0.717, 1.165) is 12.8 Å². The minimum atomic E-state index is -0.0332. The Kier molecular flexibility index (Phi) is 4.46. The van der Waals surface area contributed by atoms with E-state index in [1.807, 2.05) is 0 Å². The molecule has 1 saturated carbocycles. The summed E-state index contributed by atoms with van der Waals surface area (Å²) in [6, 6.07) is 10.3.